The van der Waals surface area contributed by atoms with Crippen LogP contribution in [-0.4, -0.2) is 61.4 Å². The Labute approximate surface area is 233 Å². The van der Waals surface area contributed by atoms with Crippen LogP contribution in [0.5, 0.6) is 5.75 Å². The first-order valence-corrected chi connectivity index (χ1v) is 13.5. The molecule has 0 aliphatic carbocycles. The van der Waals surface area contributed by atoms with Gasteiger partial charge in [0.15, 0.2) is 0 Å². The van der Waals surface area contributed by atoms with E-state index in [1.165, 1.54) is 5.56 Å². The molecule has 4 aromatic rings. The fourth-order valence-corrected chi connectivity index (χ4v) is 5.04. The van der Waals surface area contributed by atoms with Gasteiger partial charge in [-0.2, -0.15) is 0 Å². The Balaban J connectivity index is 1.22. The molecule has 9 heteroatoms. The number of aromatic nitrogens is 2. The highest BCUT2D eigenvalue weighted by atomic mass is 35.5. The second kappa shape index (κ2) is 12.7. The minimum Gasteiger partial charge on any atom is -0.495 e. The lowest BCUT2D eigenvalue weighted by atomic mass is 10.1. The third-order valence-electron chi connectivity index (χ3n) is 6.63. The summed E-state index contributed by atoms with van der Waals surface area (Å²) < 4.78 is 10.7. The van der Waals surface area contributed by atoms with Crippen LogP contribution in [0.15, 0.2) is 60.9 Å². The molecule has 38 heavy (non-hydrogen) atoms. The molecule has 2 aromatic heterocycles. The smallest absolute Gasteiger partial charge is 0.139 e. The van der Waals surface area contributed by atoms with Gasteiger partial charge < -0.3 is 20.1 Å². The lowest BCUT2D eigenvalue weighted by Crippen LogP contribution is -2.37. The molecule has 3 heterocycles. The maximum Gasteiger partial charge on any atom is 0.139 e. The number of hydrogen-bond donors (Lipinski definition) is 2. The summed E-state index contributed by atoms with van der Waals surface area (Å²) >= 11 is 12.6. The molecule has 0 saturated carbocycles. The van der Waals surface area contributed by atoms with Crippen LogP contribution in [0.25, 0.3) is 22.2 Å². The van der Waals surface area contributed by atoms with Crippen molar-refractivity contribution < 1.29 is 9.47 Å². The van der Waals surface area contributed by atoms with E-state index < -0.39 is 0 Å². The molecule has 0 amide bonds. The van der Waals surface area contributed by atoms with Crippen LogP contribution >= 0.6 is 23.2 Å². The molecule has 0 bridgehead atoms. The van der Waals surface area contributed by atoms with E-state index in [-0.39, 0.29) is 0 Å². The van der Waals surface area contributed by atoms with Gasteiger partial charge in [0.05, 0.1) is 47.3 Å². The van der Waals surface area contributed by atoms with Crippen molar-refractivity contribution in [3.63, 3.8) is 0 Å². The van der Waals surface area contributed by atoms with Crippen LogP contribution in [0.3, 0.4) is 0 Å². The molecule has 198 valence electrons. The van der Waals surface area contributed by atoms with Crippen molar-refractivity contribution in [2.75, 3.05) is 51.8 Å². The first kappa shape index (κ1) is 26.7. The van der Waals surface area contributed by atoms with Gasteiger partial charge in [0.1, 0.15) is 5.75 Å². The molecule has 1 saturated heterocycles. The largest absolute Gasteiger partial charge is 0.495 e. The van der Waals surface area contributed by atoms with Gasteiger partial charge in [-0.3, -0.25) is 14.9 Å². The lowest BCUT2D eigenvalue weighted by Gasteiger charge is -2.26. The molecule has 0 radical (unpaired) electrons. The van der Waals surface area contributed by atoms with Crippen molar-refractivity contribution in [1.29, 1.82) is 0 Å². The van der Waals surface area contributed by atoms with Gasteiger partial charge in [-0.1, -0.05) is 41.4 Å². The van der Waals surface area contributed by atoms with Crippen LogP contribution in [0.1, 0.15) is 12.0 Å². The minimum atomic E-state index is 0.463. The lowest BCUT2D eigenvalue weighted by molar-refractivity contribution is 0.0374. The Morgan fingerprint density at radius 3 is 2.63 bits per heavy atom. The molecule has 2 N–H and O–H groups in total. The number of pyridine rings is 2. The van der Waals surface area contributed by atoms with Crippen molar-refractivity contribution in [1.82, 2.24) is 20.2 Å². The molecular weight excluding hydrogens is 521 g/mol. The number of benzene rings is 2. The van der Waals surface area contributed by atoms with Crippen LogP contribution in [0, 0.1) is 0 Å². The van der Waals surface area contributed by atoms with Gasteiger partial charge in [0, 0.05) is 54.7 Å². The number of rotatable bonds is 10. The normalized spacial score (nSPS) is 14.1. The second-order valence-electron chi connectivity index (χ2n) is 9.22. The average molecular weight is 553 g/mol. The molecule has 7 nitrogen and oxygen atoms in total. The SMILES string of the molecule is COc1cc(Nc2ccnc3cc(-c4ccc(CNCCCN5CCOCC5)cn4)ccc23)c(Cl)cc1Cl. The molecule has 0 unspecified atom stereocenters. The van der Waals surface area contributed by atoms with E-state index in [1.807, 2.05) is 18.3 Å². The summed E-state index contributed by atoms with van der Waals surface area (Å²) in [5.41, 5.74) is 5.54. The van der Waals surface area contributed by atoms with Crippen molar-refractivity contribution >= 4 is 45.5 Å². The molecule has 1 aliphatic rings. The zero-order chi connectivity index (χ0) is 26.3. The van der Waals surface area contributed by atoms with Crippen molar-refractivity contribution in [2.24, 2.45) is 0 Å². The molecule has 2 aromatic carbocycles. The predicted molar refractivity (Wildman–Crippen MR) is 155 cm³/mol. The zero-order valence-electron chi connectivity index (χ0n) is 21.3. The number of methoxy groups -OCH3 is 1. The maximum atomic E-state index is 6.42. The second-order valence-corrected chi connectivity index (χ2v) is 10.0. The summed E-state index contributed by atoms with van der Waals surface area (Å²) in [4.78, 5) is 11.8. The van der Waals surface area contributed by atoms with Crippen LogP contribution in [-0.2, 0) is 11.3 Å². The Morgan fingerprint density at radius 2 is 1.84 bits per heavy atom. The monoisotopic (exact) mass is 551 g/mol. The third kappa shape index (κ3) is 6.54. The fraction of sp³-hybridized carbons (Fsp3) is 0.310. The van der Waals surface area contributed by atoms with Gasteiger partial charge >= 0.3 is 0 Å². The summed E-state index contributed by atoms with van der Waals surface area (Å²) in [5, 5.41) is 8.86. The van der Waals surface area contributed by atoms with Gasteiger partial charge in [-0.25, -0.2) is 0 Å². The predicted octanol–water partition coefficient (Wildman–Crippen LogP) is 6.17. The summed E-state index contributed by atoms with van der Waals surface area (Å²) in [6.07, 6.45) is 4.84. The first-order chi connectivity index (χ1) is 18.6. The number of anilines is 2. The van der Waals surface area contributed by atoms with Gasteiger partial charge in [-0.05, 0) is 49.3 Å². The van der Waals surface area contributed by atoms with E-state index >= 15 is 0 Å². The van der Waals surface area contributed by atoms with Crippen molar-refractivity contribution in [2.45, 2.75) is 13.0 Å². The zero-order valence-corrected chi connectivity index (χ0v) is 22.9. The Kier molecular flexibility index (Phi) is 8.94. The standard InChI is InChI=1S/C29H31Cl2N5O2/c1-37-29-17-28(23(30)16-24(29)31)35-26-7-9-33-27-15-21(4-5-22(26)27)25-6-3-20(19-34-25)18-32-8-2-10-36-11-13-38-14-12-36/h3-7,9,15-17,19,32H,2,8,10-14,18H2,1H3,(H,33,35). The van der Waals surface area contributed by atoms with E-state index in [0.717, 1.165) is 80.2 Å². The number of fused-ring (bicyclic) bond motifs is 1. The van der Waals surface area contributed by atoms with Crippen LogP contribution in [0.2, 0.25) is 10.0 Å². The molecular formula is C29H31Cl2N5O2. The van der Waals surface area contributed by atoms with E-state index in [9.17, 15) is 0 Å². The minimum absolute atomic E-state index is 0.463. The highest BCUT2D eigenvalue weighted by Crippen LogP contribution is 2.37. The number of morpholine rings is 1. The molecule has 0 atom stereocenters. The molecule has 1 aliphatic heterocycles. The highest BCUT2D eigenvalue weighted by Gasteiger charge is 2.12. The van der Waals surface area contributed by atoms with E-state index in [1.54, 1.807) is 25.4 Å². The quantitative estimate of drug-likeness (QED) is 0.228. The third-order valence-corrected chi connectivity index (χ3v) is 7.24. The number of hydrogen-bond acceptors (Lipinski definition) is 7. The molecule has 5 rings (SSSR count). The molecule has 1 fully saturated rings. The summed E-state index contributed by atoms with van der Waals surface area (Å²) in [6, 6.07) is 15.7. The maximum absolute atomic E-state index is 6.42. The summed E-state index contributed by atoms with van der Waals surface area (Å²) in [7, 11) is 1.58. The Morgan fingerprint density at radius 1 is 0.974 bits per heavy atom. The summed E-state index contributed by atoms with van der Waals surface area (Å²) in [5.74, 6) is 0.553. The number of nitrogens with one attached hydrogen (secondary N) is 2. The van der Waals surface area contributed by atoms with Gasteiger partial charge in [0.25, 0.3) is 0 Å². The molecule has 0 spiro atoms. The Hall–Kier alpha value is -2.94. The summed E-state index contributed by atoms with van der Waals surface area (Å²) in [6.45, 7) is 6.69. The van der Waals surface area contributed by atoms with Crippen LogP contribution in [0.4, 0.5) is 11.4 Å². The van der Waals surface area contributed by atoms with Crippen molar-refractivity contribution in [3.05, 3.63) is 76.5 Å². The number of nitrogens with zero attached hydrogens (tertiary/aromatic N) is 3. The highest BCUT2D eigenvalue weighted by molar-refractivity contribution is 6.37. The van der Waals surface area contributed by atoms with E-state index in [0.29, 0.717) is 21.5 Å². The fourth-order valence-electron chi connectivity index (χ4n) is 4.53. The average Bonchev–Trinajstić information content (AvgIpc) is 2.95. The number of ether oxygens (including phenoxy) is 2. The van der Waals surface area contributed by atoms with Crippen molar-refractivity contribution in [3.8, 4) is 17.0 Å². The van der Waals surface area contributed by atoms with Gasteiger partial charge in [0.2, 0.25) is 0 Å². The van der Waals surface area contributed by atoms with Gasteiger partial charge in [-0.15, -0.1) is 0 Å². The Bertz CT molecular complexity index is 1380. The topological polar surface area (TPSA) is 71.5 Å². The number of halogens is 2. The van der Waals surface area contributed by atoms with E-state index in [2.05, 4.69) is 44.8 Å². The van der Waals surface area contributed by atoms with Crippen LogP contribution < -0.4 is 15.4 Å². The first-order valence-electron chi connectivity index (χ1n) is 12.8. The van der Waals surface area contributed by atoms with E-state index in [4.69, 9.17) is 37.7 Å².